The Bertz CT molecular complexity index is 1010. The highest BCUT2D eigenvalue weighted by atomic mass is 32.2. The molecule has 156 valence electrons. The van der Waals surface area contributed by atoms with Gasteiger partial charge in [0.15, 0.2) is 0 Å². The fourth-order valence-corrected chi connectivity index (χ4v) is 6.24. The van der Waals surface area contributed by atoms with Crippen LogP contribution in [0.25, 0.3) is 11.0 Å². The molecule has 29 heavy (non-hydrogen) atoms. The van der Waals surface area contributed by atoms with Crippen LogP contribution in [0.2, 0.25) is 0 Å². The summed E-state index contributed by atoms with van der Waals surface area (Å²) in [6.07, 6.45) is 7.04. The summed E-state index contributed by atoms with van der Waals surface area (Å²) in [6.45, 7) is 4.49. The lowest BCUT2D eigenvalue weighted by Gasteiger charge is -2.43. The number of H-pyrrole nitrogens is 1. The number of anilines is 1. The molecule has 0 aromatic carbocycles. The molecular weight excluding hydrogens is 390 g/mol. The molecular formula is C19H27N7O2S. The molecule has 0 atom stereocenters. The van der Waals surface area contributed by atoms with Crippen molar-refractivity contribution in [2.24, 2.45) is 0 Å². The molecule has 2 aromatic rings. The van der Waals surface area contributed by atoms with Gasteiger partial charge in [0.2, 0.25) is 0 Å². The maximum atomic E-state index is 13.4. The zero-order valence-electron chi connectivity index (χ0n) is 16.7. The van der Waals surface area contributed by atoms with Gasteiger partial charge in [-0.25, -0.2) is 9.97 Å². The summed E-state index contributed by atoms with van der Waals surface area (Å²) in [6, 6.07) is 4.08. The molecule has 1 saturated carbocycles. The van der Waals surface area contributed by atoms with E-state index in [2.05, 4.69) is 25.9 Å². The van der Waals surface area contributed by atoms with Crippen LogP contribution >= 0.6 is 0 Å². The first-order chi connectivity index (χ1) is 14.0. The highest BCUT2D eigenvalue weighted by Gasteiger charge is 2.56. The van der Waals surface area contributed by atoms with Gasteiger partial charge in [0.25, 0.3) is 10.2 Å². The summed E-state index contributed by atoms with van der Waals surface area (Å²) in [5.74, 6) is 0.864. The second-order valence-corrected chi connectivity index (χ2v) is 9.62. The van der Waals surface area contributed by atoms with E-state index in [4.69, 9.17) is 5.26 Å². The van der Waals surface area contributed by atoms with Crippen molar-refractivity contribution in [2.45, 2.75) is 44.6 Å². The molecule has 1 N–H and O–H groups in total. The summed E-state index contributed by atoms with van der Waals surface area (Å²) in [7, 11) is -3.53. The minimum atomic E-state index is -3.53. The van der Waals surface area contributed by atoms with Crippen molar-refractivity contribution in [3.63, 3.8) is 0 Å². The van der Waals surface area contributed by atoms with Gasteiger partial charge in [-0.1, -0.05) is 6.92 Å². The maximum Gasteiger partial charge on any atom is 0.282 e. The molecule has 1 spiro atoms. The van der Waals surface area contributed by atoms with Gasteiger partial charge in [-0.15, -0.1) is 0 Å². The van der Waals surface area contributed by atoms with Crippen molar-refractivity contribution in [3.8, 4) is 6.07 Å². The SMILES string of the molecule is CCN(CCCCC#N)S(=O)(=O)N1CCN(c2ncnc3[nH]ccc23)CC12CC2. The topological polar surface area (TPSA) is 109 Å². The third kappa shape index (κ3) is 3.70. The van der Waals surface area contributed by atoms with Gasteiger partial charge in [0.1, 0.15) is 17.8 Å². The van der Waals surface area contributed by atoms with Crippen molar-refractivity contribution in [1.29, 1.82) is 5.26 Å². The molecule has 1 aliphatic heterocycles. The number of hydrogen-bond donors (Lipinski definition) is 1. The molecule has 2 fully saturated rings. The van der Waals surface area contributed by atoms with Crippen LogP contribution in [0.1, 0.15) is 39.0 Å². The van der Waals surface area contributed by atoms with E-state index in [1.54, 1.807) is 14.9 Å². The maximum absolute atomic E-state index is 13.4. The molecule has 0 amide bonds. The van der Waals surface area contributed by atoms with Gasteiger partial charge >= 0.3 is 0 Å². The van der Waals surface area contributed by atoms with Crippen LogP contribution < -0.4 is 4.90 Å². The van der Waals surface area contributed by atoms with Crippen LogP contribution in [-0.2, 0) is 10.2 Å². The fraction of sp³-hybridized carbons (Fsp3) is 0.632. The molecule has 0 unspecified atom stereocenters. The Balaban J connectivity index is 1.51. The number of aromatic amines is 1. The summed E-state index contributed by atoms with van der Waals surface area (Å²) < 4.78 is 30.1. The number of hydrogen-bond acceptors (Lipinski definition) is 6. The molecule has 1 saturated heterocycles. The molecule has 10 heteroatoms. The Kier molecular flexibility index (Phi) is 5.46. The number of aromatic nitrogens is 3. The van der Waals surface area contributed by atoms with Gasteiger partial charge in [-0.2, -0.15) is 22.3 Å². The molecule has 2 aliphatic rings. The monoisotopic (exact) mass is 417 g/mol. The van der Waals surface area contributed by atoms with Gasteiger partial charge in [0, 0.05) is 45.3 Å². The third-order valence-electron chi connectivity index (χ3n) is 5.95. The average molecular weight is 418 g/mol. The van der Waals surface area contributed by atoms with Crippen molar-refractivity contribution < 1.29 is 8.42 Å². The average Bonchev–Trinajstić information content (AvgIpc) is 3.28. The molecule has 0 radical (unpaired) electrons. The van der Waals surface area contributed by atoms with Gasteiger partial charge in [-0.05, 0) is 31.7 Å². The lowest BCUT2D eigenvalue weighted by Crippen LogP contribution is -2.60. The highest BCUT2D eigenvalue weighted by Crippen LogP contribution is 2.47. The first-order valence-electron chi connectivity index (χ1n) is 10.2. The van der Waals surface area contributed by atoms with Crippen molar-refractivity contribution in [3.05, 3.63) is 18.6 Å². The van der Waals surface area contributed by atoms with Crippen LogP contribution in [0, 0.1) is 11.3 Å². The predicted octanol–water partition coefficient (Wildman–Crippen LogP) is 1.87. The van der Waals surface area contributed by atoms with Crippen LogP contribution in [0.15, 0.2) is 18.6 Å². The minimum absolute atomic E-state index is 0.343. The Morgan fingerprint density at radius 1 is 1.31 bits per heavy atom. The minimum Gasteiger partial charge on any atom is -0.353 e. The van der Waals surface area contributed by atoms with Crippen LogP contribution in [0.4, 0.5) is 5.82 Å². The number of nitriles is 1. The third-order valence-corrected chi connectivity index (χ3v) is 8.17. The molecule has 9 nitrogen and oxygen atoms in total. The second-order valence-electron chi connectivity index (χ2n) is 7.77. The lowest BCUT2D eigenvalue weighted by molar-refractivity contribution is 0.245. The quantitative estimate of drug-likeness (QED) is 0.657. The van der Waals surface area contributed by atoms with Crippen molar-refractivity contribution in [1.82, 2.24) is 23.6 Å². The van der Waals surface area contributed by atoms with Gasteiger partial charge < -0.3 is 9.88 Å². The smallest absolute Gasteiger partial charge is 0.282 e. The molecule has 0 bridgehead atoms. The van der Waals surface area contributed by atoms with Crippen molar-refractivity contribution >= 4 is 27.1 Å². The zero-order valence-corrected chi connectivity index (χ0v) is 17.5. The highest BCUT2D eigenvalue weighted by molar-refractivity contribution is 7.86. The largest absolute Gasteiger partial charge is 0.353 e. The molecule has 2 aromatic heterocycles. The second kappa shape index (κ2) is 7.89. The summed E-state index contributed by atoms with van der Waals surface area (Å²) >= 11 is 0. The molecule has 4 rings (SSSR count). The zero-order chi connectivity index (χ0) is 20.5. The van der Waals surface area contributed by atoms with E-state index in [1.807, 2.05) is 19.2 Å². The van der Waals surface area contributed by atoms with E-state index < -0.39 is 10.2 Å². The van der Waals surface area contributed by atoms with Gasteiger partial charge in [0.05, 0.1) is 17.0 Å². The number of nitrogens with zero attached hydrogens (tertiary/aromatic N) is 6. The first kappa shape index (κ1) is 20.1. The normalized spacial score (nSPS) is 19.1. The number of piperazine rings is 1. The van der Waals surface area contributed by atoms with Crippen LogP contribution in [0.5, 0.6) is 0 Å². The summed E-state index contributed by atoms with van der Waals surface area (Å²) in [5, 5.41) is 9.66. The Morgan fingerprint density at radius 3 is 2.86 bits per heavy atom. The molecule has 1 aliphatic carbocycles. The first-order valence-corrected chi connectivity index (χ1v) is 11.6. The lowest BCUT2D eigenvalue weighted by atomic mass is 10.2. The number of rotatable bonds is 8. The summed E-state index contributed by atoms with van der Waals surface area (Å²) in [5.41, 5.74) is 0.453. The Hall–Kier alpha value is -2.22. The van der Waals surface area contributed by atoms with Crippen molar-refractivity contribution in [2.75, 3.05) is 37.6 Å². The number of unbranched alkanes of at least 4 members (excludes halogenated alkanes) is 2. The Labute approximate surface area is 171 Å². The predicted molar refractivity (Wildman–Crippen MR) is 110 cm³/mol. The number of fused-ring (bicyclic) bond motifs is 1. The fourth-order valence-electron chi connectivity index (χ4n) is 4.23. The van der Waals surface area contributed by atoms with E-state index in [9.17, 15) is 8.42 Å². The van der Waals surface area contributed by atoms with E-state index in [0.717, 1.165) is 36.1 Å². The van der Waals surface area contributed by atoms with E-state index in [-0.39, 0.29) is 5.54 Å². The standard InChI is InChI=1S/C19H27N7O2S/c1-2-25(11-5-3-4-9-20)29(27,28)26-13-12-24(14-19(26)7-8-19)18-16-6-10-21-17(16)22-15-23-18/h6,10,15H,2-5,7-8,11-14H2,1H3,(H,21,22,23). The number of nitrogens with one attached hydrogen (secondary N) is 1. The molecule has 3 heterocycles. The van der Waals surface area contributed by atoms with E-state index in [0.29, 0.717) is 45.6 Å². The van der Waals surface area contributed by atoms with E-state index in [1.165, 1.54) is 0 Å². The van der Waals surface area contributed by atoms with E-state index >= 15 is 0 Å². The van der Waals surface area contributed by atoms with Crippen LogP contribution in [-0.4, -0.2) is 70.2 Å². The Morgan fingerprint density at radius 2 is 2.14 bits per heavy atom. The summed E-state index contributed by atoms with van der Waals surface area (Å²) in [4.78, 5) is 14.0. The van der Waals surface area contributed by atoms with Crippen LogP contribution in [0.3, 0.4) is 0 Å². The van der Waals surface area contributed by atoms with Gasteiger partial charge in [-0.3, -0.25) is 0 Å².